The minimum Gasteiger partial charge on any atom is -0.481 e. The van der Waals surface area contributed by atoms with Gasteiger partial charge in [-0.1, -0.05) is 0 Å². The average Bonchev–Trinajstić information content (AvgIpc) is 2.64. The van der Waals surface area contributed by atoms with Crippen molar-refractivity contribution in [3.63, 3.8) is 0 Å². The number of rotatable bonds is 14. The van der Waals surface area contributed by atoms with Gasteiger partial charge in [0.05, 0.1) is 13.5 Å². The summed E-state index contributed by atoms with van der Waals surface area (Å²) in [6, 6.07) is -2.59. The SMILES string of the molecule is COC(=O)C(CC(=O)O)SCC(NC(=O)CCC(N)C(=O)O)C(=O)NCC(=O)O. The van der Waals surface area contributed by atoms with E-state index in [9.17, 15) is 28.8 Å². The molecule has 0 aromatic rings. The largest absolute Gasteiger partial charge is 0.481 e. The van der Waals surface area contributed by atoms with Crippen LogP contribution in [0.15, 0.2) is 0 Å². The number of ether oxygens (including phenoxy) is 1. The Morgan fingerprint density at radius 1 is 1.07 bits per heavy atom. The summed E-state index contributed by atoms with van der Waals surface area (Å²) >= 11 is 0.727. The monoisotopic (exact) mass is 437 g/mol. The molecular weight excluding hydrogens is 414 g/mol. The number of carbonyl (C=O) groups excluding carboxylic acids is 3. The smallest absolute Gasteiger partial charge is 0.322 e. The van der Waals surface area contributed by atoms with E-state index >= 15 is 0 Å². The summed E-state index contributed by atoms with van der Waals surface area (Å²) in [5.74, 6) is -6.65. The number of carboxylic acid groups (broad SMARTS) is 3. The molecule has 13 nitrogen and oxygen atoms in total. The molecule has 0 aliphatic carbocycles. The van der Waals surface area contributed by atoms with Crippen LogP contribution in [0.25, 0.3) is 0 Å². The number of hydrogen-bond donors (Lipinski definition) is 6. The van der Waals surface area contributed by atoms with Crippen LogP contribution in [0.5, 0.6) is 0 Å². The molecule has 0 fully saturated rings. The van der Waals surface area contributed by atoms with Crippen molar-refractivity contribution in [1.82, 2.24) is 10.6 Å². The summed E-state index contributed by atoms with van der Waals surface area (Å²) in [6.45, 7) is -0.727. The van der Waals surface area contributed by atoms with Crippen LogP contribution < -0.4 is 16.4 Å². The molecule has 0 rings (SSSR count). The quantitative estimate of drug-likeness (QED) is 0.157. The fourth-order valence-electron chi connectivity index (χ4n) is 1.86. The van der Waals surface area contributed by atoms with Gasteiger partial charge in [0.1, 0.15) is 23.9 Å². The van der Waals surface area contributed by atoms with Crippen molar-refractivity contribution < 1.29 is 48.8 Å². The van der Waals surface area contributed by atoms with Gasteiger partial charge < -0.3 is 36.4 Å². The summed E-state index contributed by atoms with van der Waals surface area (Å²) in [4.78, 5) is 68.0. The van der Waals surface area contributed by atoms with E-state index in [0.29, 0.717) is 0 Å². The summed E-state index contributed by atoms with van der Waals surface area (Å²) in [6.07, 6.45) is -1.12. The van der Waals surface area contributed by atoms with Crippen LogP contribution in [0.2, 0.25) is 0 Å². The maximum Gasteiger partial charge on any atom is 0.322 e. The van der Waals surface area contributed by atoms with Crippen molar-refractivity contribution in [1.29, 1.82) is 0 Å². The van der Waals surface area contributed by atoms with Gasteiger partial charge in [-0.25, -0.2) is 0 Å². The van der Waals surface area contributed by atoms with Gasteiger partial charge in [0.2, 0.25) is 11.8 Å². The Bertz CT molecular complexity index is 642. The summed E-state index contributed by atoms with van der Waals surface area (Å²) in [5, 5.41) is 29.4. The predicted octanol–water partition coefficient (Wildman–Crippen LogP) is -2.39. The number of methoxy groups -OCH3 is 1. The van der Waals surface area contributed by atoms with Gasteiger partial charge in [-0.2, -0.15) is 0 Å². The molecule has 3 atom stereocenters. The average molecular weight is 437 g/mol. The third-order valence-corrected chi connectivity index (χ3v) is 4.64. The molecule has 0 aliphatic rings. The van der Waals surface area contributed by atoms with Gasteiger partial charge >= 0.3 is 23.9 Å². The van der Waals surface area contributed by atoms with E-state index in [1.807, 2.05) is 0 Å². The lowest BCUT2D eigenvalue weighted by molar-refractivity contribution is -0.144. The lowest BCUT2D eigenvalue weighted by Gasteiger charge is -2.20. The minimum absolute atomic E-state index is 0.207. The van der Waals surface area contributed by atoms with E-state index in [-0.39, 0.29) is 18.6 Å². The van der Waals surface area contributed by atoms with Gasteiger partial charge in [-0.15, -0.1) is 11.8 Å². The molecule has 0 aromatic heterocycles. The Kier molecular flexibility index (Phi) is 12.0. The molecular formula is C15H23N3O10S. The van der Waals surface area contributed by atoms with Crippen molar-refractivity contribution in [2.24, 2.45) is 5.73 Å². The van der Waals surface area contributed by atoms with Crippen molar-refractivity contribution >= 4 is 47.5 Å². The molecule has 0 heterocycles. The molecule has 0 spiro atoms. The summed E-state index contributed by atoms with van der Waals surface area (Å²) < 4.78 is 4.50. The first-order chi connectivity index (χ1) is 13.5. The maximum absolute atomic E-state index is 12.1. The molecule has 0 saturated carbocycles. The number of nitrogens with two attached hydrogens (primary N) is 1. The van der Waals surface area contributed by atoms with E-state index in [0.717, 1.165) is 18.9 Å². The molecule has 29 heavy (non-hydrogen) atoms. The second-order valence-corrected chi connectivity index (χ2v) is 6.89. The van der Waals surface area contributed by atoms with Gasteiger partial charge in [-0.3, -0.25) is 28.8 Å². The zero-order valence-electron chi connectivity index (χ0n) is 15.5. The molecule has 14 heteroatoms. The standard InChI is InChI=1S/C15H23N3O10S/c1-28-15(27)9(4-11(20)21)29-6-8(13(24)17-5-12(22)23)18-10(19)3-2-7(16)14(25)26/h7-9H,2-6,16H2,1H3,(H,17,24)(H,18,19)(H,20,21)(H,22,23)(H,25,26). The van der Waals surface area contributed by atoms with Crippen molar-refractivity contribution in [2.45, 2.75) is 36.6 Å². The first-order valence-electron chi connectivity index (χ1n) is 8.16. The number of hydrogen-bond acceptors (Lipinski definition) is 9. The third-order valence-electron chi connectivity index (χ3n) is 3.35. The van der Waals surface area contributed by atoms with Crippen LogP contribution in [-0.2, 0) is 33.5 Å². The Morgan fingerprint density at radius 3 is 2.17 bits per heavy atom. The van der Waals surface area contributed by atoms with Crippen LogP contribution in [0.4, 0.5) is 0 Å². The zero-order chi connectivity index (χ0) is 22.6. The van der Waals surface area contributed by atoms with Crippen LogP contribution in [-0.4, -0.2) is 87.8 Å². The second-order valence-electron chi connectivity index (χ2n) is 5.66. The highest BCUT2D eigenvalue weighted by Gasteiger charge is 2.28. The summed E-state index contributed by atoms with van der Waals surface area (Å²) in [5.41, 5.74) is 5.29. The Hall–Kier alpha value is -2.87. The Balaban J connectivity index is 5.07. The third kappa shape index (κ3) is 11.5. The van der Waals surface area contributed by atoms with Gasteiger partial charge in [-0.05, 0) is 6.42 Å². The lowest BCUT2D eigenvalue weighted by Crippen LogP contribution is -2.50. The maximum atomic E-state index is 12.1. The first kappa shape index (κ1) is 26.1. The van der Waals surface area contributed by atoms with Crippen LogP contribution in [0.1, 0.15) is 19.3 Å². The molecule has 164 valence electrons. The Labute approximate surface area is 169 Å². The Morgan fingerprint density at radius 2 is 1.69 bits per heavy atom. The fourth-order valence-corrected chi connectivity index (χ4v) is 3.01. The second kappa shape index (κ2) is 13.3. The lowest BCUT2D eigenvalue weighted by atomic mass is 10.1. The normalized spacial score (nSPS) is 13.4. The van der Waals surface area contributed by atoms with E-state index < -0.39 is 66.0 Å². The number of thioether (sulfide) groups is 1. The minimum atomic E-state index is -1.33. The highest BCUT2D eigenvalue weighted by atomic mass is 32.2. The van der Waals surface area contributed by atoms with Crippen molar-refractivity contribution in [3.05, 3.63) is 0 Å². The number of esters is 1. The molecule has 7 N–H and O–H groups in total. The van der Waals surface area contributed by atoms with Crippen LogP contribution in [0.3, 0.4) is 0 Å². The van der Waals surface area contributed by atoms with Gasteiger partial charge in [0.25, 0.3) is 0 Å². The molecule has 0 aliphatic heterocycles. The predicted molar refractivity (Wildman–Crippen MR) is 97.9 cm³/mol. The van der Waals surface area contributed by atoms with E-state index in [2.05, 4.69) is 15.4 Å². The number of carbonyl (C=O) groups is 6. The number of aliphatic carboxylic acids is 3. The zero-order valence-corrected chi connectivity index (χ0v) is 16.3. The van der Waals surface area contributed by atoms with Gasteiger partial charge in [0, 0.05) is 12.2 Å². The summed E-state index contributed by atoms with van der Waals surface area (Å²) in [7, 11) is 1.06. The molecule has 0 aromatic carbocycles. The molecule has 0 bridgehead atoms. The number of carboxylic acids is 3. The topological polar surface area (TPSA) is 222 Å². The van der Waals surface area contributed by atoms with Crippen molar-refractivity contribution in [2.75, 3.05) is 19.4 Å². The first-order valence-corrected chi connectivity index (χ1v) is 9.21. The van der Waals surface area contributed by atoms with E-state index in [1.54, 1.807) is 0 Å². The molecule has 0 saturated heterocycles. The van der Waals surface area contributed by atoms with Crippen LogP contribution >= 0.6 is 11.8 Å². The van der Waals surface area contributed by atoms with Crippen LogP contribution in [0, 0.1) is 0 Å². The molecule has 0 radical (unpaired) electrons. The number of nitrogens with one attached hydrogen (secondary N) is 2. The van der Waals surface area contributed by atoms with E-state index in [4.69, 9.17) is 21.1 Å². The molecule has 2 amide bonds. The van der Waals surface area contributed by atoms with E-state index in [1.165, 1.54) is 0 Å². The van der Waals surface area contributed by atoms with Gasteiger partial charge in [0.15, 0.2) is 0 Å². The molecule has 3 unspecified atom stereocenters. The highest BCUT2D eigenvalue weighted by molar-refractivity contribution is 8.00. The fraction of sp³-hybridized carbons (Fsp3) is 0.600. The number of amides is 2. The highest BCUT2D eigenvalue weighted by Crippen LogP contribution is 2.18. The van der Waals surface area contributed by atoms with Crippen molar-refractivity contribution in [3.8, 4) is 0 Å².